The van der Waals surface area contributed by atoms with E-state index in [1.807, 2.05) is 13.0 Å². The van der Waals surface area contributed by atoms with Crippen molar-refractivity contribution < 1.29 is 12.6 Å². The Hall–Kier alpha value is -0.870. The first-order valence-corrected chi connectivity index (χ1v) is 6.78. The minimum atomic E-state index is -3.63. The van der Waals surface area contributed by atoms with Gasteiger partial charge in [0.1, 0.15) is 0 Å². The molecule has 1 rings (SSSR count). The lowest BCUT2D eigenvalue weighted by molar-refractivity contribution is 0.224. The van der Waals surface area contributed by atoms with E-state index in [9.17, 15) is 8.42 Å². The van der Waals surface area contributed by atoms with E-state index in [0.717, 1.165) is 11.1 Å². The fourth-order valence-corrected chi connectivity index (χ4v) is 3.12. The van der Waals surface area contributed by atoms with E-state index in [2.05, 4.69) is 0 Å². The molecule has 0 spiro atoms. The Morgan fingerprint density at radius 1 is 1.25 bits per heavy atom. The maximum Gasteiger partial charge on any atom is 0.297 e. The molecule has 0 radical (unpaired) electrons. The lowest BCUT2D eigenvalue weighted by Crippen LogP contribution is -2.16. The Bertz CT molecular complexity index is 443. The summed E-state index contributed by atoms with van der Waals surface area (Å²) in [5.41, 5.74) is 1.45. The van der Waals surface area contributed by atoms with Gasteiger partial charge in [-0.1, -0.05) is 25.1 Å². The third-order valence-electron chi connectivity index (χ3n) is 2.52. The van der Waals surface area contributed by atoms with Crippen molar-refractivity contribution >= 4 is 10.1 Å². The molecule has 0 amide bonds. The molecule has 0 fully saturated rings. The van der Waals surface area contributed by atoms with Crippen molar-refractivity contribution in [2.45, 2.75) is 45.1 Å². The van der Waals surface area contributed by atoms with Gasteiger partial charge in [0.05, 0.1) is 11.0 Å². The summed E-state index contributed by atoms with van der Waals surface area (Å²) in [6, 6.07) is 5.40. The van der Waals surface area contributed by atoms with E-state index >= 15 is 0 Å². The lowest BCUT2D eigenvalue weighted by Gasteiger charge is -2.14. The highest BCUT2D eigenvalue weighted by Gasteiger charge is 2.22. The molecule has 90 valence electrons. The van der Waals surface area contributed by atoms with Gasteiger partial charge in [-0.2, -0.15) is 8.42 Å². The van der Waals surface area contributed by atoms with Crippen LogP contribution in [-0.4, -0.2) is 14.5 Å². The van der Waals surface area contributed by atoms with E-state index in [1.54, 1.807) is 32.9 Å². The molecule has 0 saturated heterocycles. The van der Waals surface area contributed by atoms with Crippen LogP contribution < -0.4 is 0 Å². The summed E-state index contributed by atoms with van der Waals surface area (Å²) in [6.45, 7) is 7.20. The molecule has 1 aromatic carbocycles. The molecule has 4 heteroatoms. The Kier molecular flexibility index (Phi) is 4.10. The smallest absolute Gasteiger partial charge is 0.263 e. The van der Waals surface area contributed by atoms with E-state index in [1.165, 1.54) is 0 Å². The predicted molar refractivity (Wildman–Crippen MR) is 63.9 cm³/mol. The minimum absolute atomic E-state index is 0.288. The Morgan fingerprint density at radius 2 is 1.75 bits per heavy atom. The SMILES string of the molecule is CCC(C)OS(=O)(=O)c1c(C)cccc1C. The van der Waals surface area contributed by atoms with Crippen LogP contribution in [0.15, 0.2) is 23.1 Å². The van der Waals surface area contributed by atoms with Gasteiger partial charge in [-0.05, 0) is 38.3 Å². The highest BCUT2D eigenvalue weighted by molar-refractivity contribution is 7.86. The summed E-state index contributed by atoms with van der Waals surface area (Å²) >= 11 is 0. The second-order valence-electron chi connectivity index (χ2n) is 3.99. The van der Waals surface area contributed by atoms with Crippen molar-refractivity contribution in [2.24, 2.45) is 0 Å². The third-order valence-corrected chi connectivity index (χ3v) is 4.25. The average molecular weight is 242 g/mol. The van der Waals surface area contributed by atoms with E-state index in [-0.39, 0.29) is 6.10 Å². The van der Waals surface area contributed by atoms with Crippen molar-refractivity contribution in [2.75, 3.05) is 0 Å². The van der Waals surface area contributed by atoms with Gasteiger partial charge in [0.25, 0.3) is 10.1 Å². The quantitative estimate of drug-likeness (QED) is 0.762. The predicted octanol–water partition coefficient (Wildman–Crippen LogP) is 2.81. The Labute approximate surface area is 97.6 Å². The molecule has 16 heavy (non-hydrogen) atoms. The van der Waals surface area contributed by atoms with Gasteiger partial charge >= 0.3 is 0 Å². The molecule has 0 aliphatic rings. The van der Waals surface area contributed by atoms with Crippen LogP contribution in [0.2, 0.25) is 0 Å². The monoisotopic (exact) mass is 242 g/mol. The summed E-state index contributed by atoms with van der Waals surface area (Å²) in [7, 11) is -3.63. The topological polar surface area (TPSA) is 43.4 Å². The molecule has 1 aromatic rings. The number of rotatable bonds is 4. The van der Waals surface area contributed by atoms with Gasteiger partial charge in [0.2, 0.25) is 0 Å². The Morgan fingerprint density at radius 3 is 2.19 bits per heavy atom. The molecular weight excluding hydrogens is 224 g/mol. The van der Waals surface area contributed by atoms with Crippen molar-refractivity contribution in [1.82, 2.24) is 0 Å². The zero-order chi connectivity index (χ0) is 12.3. The van der Waals surface area contributed by atoms with Crippen LogP contribution in [0.4, 0.5) is 0 Å². The van der Waals surface area contributed by atoms with Crippen LogP contribution >= 0.6 is 0 Å². The number of hydrogen-bond donors (Lipinski definition) is 0. The summed E-state index contributed by atoms with van der Waals surface area (Å²) in [5, 5.41) is 0. The van der Waals surface area contributed by atoms with E-state index in [0.29, 0.717) is 11.3 Å². The number of benzene rings is 1. The lowest BCUT2D eigenvalue weighted by atomic mass is 10.2. The average Bonchev–Trinajstić information content (AvgIpc) is 2.16. The molecule has 0 N–H and O–H groups in total. The second-order valence-corrected chi connectivity index (χ2v) is 5.50. The van der Waals surface area contributed by atoms with Gasteiger partial charge in [-0.25, -0.2) is 0 Å². The summed E-state index contributed by atoms with van der Waals surface area (Å²) in [4.78, 5) is 0.301. The summed E-state index contributed by atoms with van der Waals surface area (Å²) in [5.74, 6) is 0. The largest absolute Gasteiger partial charge is 0.297 e. The second kappa shape index (κ2) is 4.97. The molecule has 3 nitrogen and oxygen atoms in total. The third kappa shape index (κ3) is 2.83. The van der Waals surface area contributed by atoms with Crippen LogP contribution in [-0.2, 0) is 14.3 Å². The van der Waals surface area contributed by atoms with Crippen LogP contribution in [0.3, 0.4) is 0 Å². The van der Waals surface area contributed by atoms with E-state index in [4.69, 9.17) is 4.18 Å². The first-order chi connectivity index (χ1) is 7.38. The summed E-state index contributed by atoms with van der Waals surface area (Å²) in [6.07, 6.45) is 0.383. The maximum absolute atomic E-state index is 12.0. The number of hydrogen-bond acceptors (Lipinski definition) is 3. The zero-order valence-corrected chi connectivity index (χ0v) is 11.0. The highest BCUT2D eigenvalue weighted by atomic mass is 32.2. The van der Waals surface area contributed by atoms with Crippen molar-refractivity contribution in [3.8, 4) is 0 Å². The molecule has 0 aliphatic heterocycles. The molecule has 0 bridgehead atoms. The fraction of sp³-hybridized carbons (Fsp3) is 0.500. The van der Waals surface area contributed by atoms with Crippen molar-refractivity contribution in [1.29, 1.82) is 0 Å². The molecular formula is C12H18O3S. The van der Waals surface area contributed by atoms with Crippen LogP contribution in [0.1, 0.15) is 31.4 Å². The minimum Gasteiger partial charge on any atom is -0.263 e. The standard InChI is InChI=1S/C12H18O3S/c1-5-11(4)15-16(13,14)12-9(2)7-6-8-10(12)3/h6-8,11H,5H2,1-4H3. The molecule has 0 saturated carbocycles. The first kappa shape index (κ1) is 13.2. The van der Waals surface area contributed by atoms with Crippen LogP contribution in [0.25, 0.3) is 0 Å². The zero-order valence-electron chi connectivity index (χ0n) is 10.1. The van der Waals surface area contributed by atoms with Crippen molar-refractivity contribution in [3.63, 3.8) is 0 Å². The van der Waals surface area contributed by atoms with Gasteiger partial charge in [-0.3, -0.25) is 4.18 Å². The molecule has 1 unspecified atom stereocenters. The normalized spacial score (nSPS) is 13.8. The number of aryl methyl sites for hydroxylation is 2. The van der Waals surface area contributed by atoms with Crippen LogP contribution in [0, 0.1) is 13.8 Å². The van der Waals surface area contributed by atoms with Gasteiger partial charge in [0, 0.05) is 0 Å². The van der Waals surface area contributed by atoms with Gasteiger partial charge < -0.3 is 0 Å². The van der Waals surface area contributed by atoms with E-state index < -0.39 is 10.1 Å². The van der Waals surface area contributed by atoms with Crippen LogP contribution in [0.5, 0.6) is 0 Å². The van der Waals surface area contributed by atoms with Gasteiger partial charge in [-0.15, -0.1) is 0 Å². The molecule has 0 aromatic heterocycles. The molecule has 0 aliphatic carbocycles. The maximum atomic E-state index is 12.0. The van der Waals surface area contributed by atoms with Gasteiger partial charge in [0.15, 0.2) is 0 Å². The highest BCUT2D eigenvalue weighted by Crippen LogP contribution is 2.23. The van der Waals surface area contributed by atoms with Crippen molar-refractivity contribution in [3.05, 3.63) is 29.3 Å². The first-order valence-electron chi connectivity index (χ1n) is 5.38. The Balaban J connectivity index is 3.17. The summed E-state index contributed by atoms with van der Waals surface area (Å²) < 4.78 is 29.1. The fourth-order valence-electron chi connectivity index (χ4n) is 1.53. The molecule has 1 atom stereocenters. The molecule has 0 heterocycles.